The third kappa shape index (κ3) is 6.30. The van der Waals surface area contributed by atoms with Crippen molar-refractivity contribution >= 4 is 46.4 Å². The molecule has 2 aromatic rings. The van der Waals surface area contributed by atoms with E-state index >= 15 is 0 Å². The Kier molecular flexibility index (Phi) is 7.92. The maximum atomic E-state index is 12.3. The zero-order valence-electron chi connectivity index (χ0n) is 15.7. The molecular formula is C19H21Cl2N3O4. The second kappa shape index (κ2) is 10.2. The predicted molar refractivity (Wildman–Crippen MR) is 111 cm³/mol. The van der Waals surface area contributed by atoms with Gasteiger partial charge in [-0.2, -0.15) is 0 Å². The Hall–Kier alpha value is -2.48. The van der Waals surface area contributed by atoms with E-state index in [2.05, 4.69) is 10.6 Å². The first-order valence-corrected chi connectivity index (χ1v) is 9.03. The van der Waals surface area contributed by atoms with Gasteiger partial charge in [0.25, 0.3) is 0 Å². The minimum Gasteiger partial charge on any atom is -0.497 e. The lowest BCUT2D eigenvalue weighted by atomic mass is 10.2. The number of likely N-dealkylation sites (N-methyl/N-ethyl adjacent to an activating group) is 1. The average Bonchev–Trinajstić information content (AvgIpc) is 2.64. The largest absolute Gasteiger partial charge is 0.497 e. The molecule has 28 heavy (non-hydrogen) atoms. The fourth-order valence-electron chi connectivity index (χ4n) is 2.42. The summed E-state index contributed by atoms with van der Waals surface area (Å²) in [6.45, 7) is 0.0259. The number of carbonyl (C=O) groups is 2. The molecule has 2 amide bonds. The van der Waals surface area contributed by atoms with Crippen LogP contribution in [-0.2, 0) is 9.59 Å². The number of ether oxygens (including phenoxy) is 2. The third-order valence-corrected chi connectivity index (χ3v) is 4.45. The number of benzene rings is 2. The van der Waals surface area contributed by atoms with E-state index < -0.39 is 0 Å². The fraction of sp³-hybridized carbons (Fsp3) is 0.263. The van der Waals surface area contributed by atoms with Crippen molar-refractivity contribution in [2.75, 3.05) is 45.0 Å². The number of hydrogen-bond acceptors (Lipinski definition) is 5. The summed E-state index contributed by atoms with van der Waals surface area (Å²) in [5, 5.41) is 6.21. The van der Waals surface area contributed by atoms with Gasteiger partial charge in [-0.05, 0) is 37.4 Å². The van der Waals surface area contributed by atoms with Crippen LogP contribution < -0.4 is 20.1 Å². The van der Waals surface area contributed by atoms with Gasteiger partial charge in [0.05, 0.1) is 43.0 Å². The standard InChI is InChI=1S/C19H21Cl2N3O4/c1-24(10-18(25)22-12-4-6-14(20)15(21)8-12)11-19(26)23-16-9-13(27-2)5-7-17(16)28-3/h4-9H,10-11H2,1-3H3,(H,22,25)(H,23,26). The van der Waals surface area contributed by atoms with E-state index in [9.17, 15) is 9.59 Å². The summed E-state index contributed by atoms with van der Waals surface area (Å²) in [5.41, 5.74) is 1.01. The molecule has 9 heteroatoms. The van der Waals surface area contributed by atoms with E-state index in [1.807, 2.05) is 0 Å². The van der Waals surface area contributed by atoms with Gasteiger partial charge in [0.2, 0.25) is 11.8 Å². The van der Waals surface area contributed by atoms with Crippen molar-refractivity contribution in [3.63, 3.8) is 0 Å². The first kappa shape index (κ1) is 21.8. The summed E-state index contributed by atoms with van der Waals surface area (Å²) >= 11 is 11.8. The van der Waals surface area contributed by atoms with Gasteiger partial charge < -0.3 is 20.1 Å². The van der Waals surface area contributed by atoms with E-state index in [0.717, 1.165) is 0 Å². The first-order chi connectivity index (χ1) is 13.3. The molecule has 0 saturated heterocycles. The van der Waals surface area contributed by atoms with Crippen molar-refractivity contribution in [1.82, 2.24) is 4.90 Å². The van der Waals surface area contributed by atoms with Gasteiger partial charge in [0.1, 0.15) is 11.5 Å². The molecule has 150 valence electrons. The summed E-state index contributed by atoms with van der Waals surface area (Å²) < 4.78 is 10.4. The fourth-order valence-corrected chi connectivity index (χ4v) is 2.72. The van der Waals surface area contributed by atoms with Crippen molar-refractivity contribution < 1.29 is 19.1 Å². The highest BCUT2D eigenvalue weighted by Crippen LogP contribution is 2.29. The van der Waals surface area contributed by atoms with Crippen LogP contribution in [0.15, 0.2) is 36.4 Å². The van der Waals surface area contributed by atoms with Gasteiger partial charge in [-0.3, -0.25) is 14.5 Å². The maximum absolute atomic E-state index is 12.3. The molecule has 2 N–H and O–H groups in total. The number of carbonyl (C=O) groups excluding carboxylic acids is 2. The normalized spacial score (nSPS) is 10.5. The van der Waals surface area contributed by atoms with Crippen LogP contribution in [0.5, 0.6) is 11.5 Å². The molecule has 0 aliphatic heterocycles. The topological polar surface area (TPSA) is 79.9 Å². The monoisotopic (exact) mass is 425 g/mol. The van der Waals surface area contributed by atoms with Crippen molar-refractivity contribution in [1.29, 1.82) is 0 Å². The van der Waals surface area contributed by atoms with Crippen LogP contribution in [0, 0.1) is 0 Å². The lowest BCUT2D eigenvalue weighted by molar-refractivity contribution is -0.119. The van der Waals surface area contributed by atoms with Crippen LogP contribution in [0.2, 0.25) is 10.0 Å². The highest BCUT2D eigenvalue weighted by Gasteiger charge is 2.14. The number of nitrogens with one attached hydrogen (secondary N) is 2. The molecule has 0 aliphatic rings. The zero-order chi connectivity index (χ0) is 20.7. The van der Waals surface area contributed by atoms with Gasteiger partial charge >= 0.3 is 0 Å². The number of hydrogen-bond donors (Lipinski definition) is 2. The molecule has 2 aromatic carbocycles. The average molecular weight is 426 g/mol. The molecule has 0 bridgehead atoms. The Morgan fingerprint density at radius 1 is 0.929 bits per heavy atom. The quantitative estimate of drug-likeness (QED) is 0.676. The van der Waals surface area contributed by atoms with Crippen LogP contribution in [0.3, 0.4) is 0 Å². The highest BCUT2D eigenvalue weighted by molar-refractivity contribution is 6.42. The molecule has 0 heterocycles. The first-order valence-electron chi connectivity index (χ1n) is 8.27. The van der Waals surface area contributed by atoms with Crippen LogP contribution in [0.1, 0.15) is 0 Å². The summed E-state index contributed by atoms with van der Waals surface area (Å²) in [4.78, 5) is 26.0. The van der Waals surface area contributed by atoms with E-state index in [4.69, 9.17) is 32.7 Å². The van der Waals surface area contributed by atoms with Crippen LogP contribution in [0.25, 0.3) is 0 Å². The lowest BCUT2D eigenvalue weighted by Crippen LogP contribution is -2.36. The van der Waals surface area contributed by atoms with Crippen molar-refractivity contribution in [3.05, 3.63) is 46.4 Å². The lowest BCUT2D eigenvalue weighted by Gasteiger charge is -2.17. The molecule has 0 radical (unpaired) electrons. The summed E-state index contributed by atoms with van der Waals surface area (Å²) in [6.07, 6.45) is 0. The Morgan fingerprint density at radius 3 is 2.21 bits per heavy atom. The van der Waals surface area contributed by atoms with Crippen LogP contribution >= 0.6 is 23.2 Å². The van der Waals surface area contributed by atoms with Gasteiger partial charge in [-0.25, -0.2) is 0 Å². The van der Waals surface area contributed by atoms with Gasteiger partial charge in [-0.1, -0.05) is 23.2 Å². The van der Waals surface area contributed by atoms with E-state index in [1.54, 1.807) is 48.3 Å². The molecule has 7 nitrogen and oxygen atoms in total. The molecule has 0 unspecified atom stereocenters. The minimum atomic E-state index is -0.295. The number of amides is 2. The molecule has 0 aromatic heterocycles. The highest BCUT2D eigenvalue weighted by atomic mass is 35.5. The Balaban J connectivity index is 1.90. The molecule has 0 aliphatic carbocycles. The third-order valence-electron chi connectivity index (χ3n) is 3.71. The predicted octanol–water partition coefficient (Wildman–Crippen LogP) is 3.52. The molecule has 2 rings (SSSR count). The van der Waals surface area contributed by atoms with Gasteiger partial charge in [0.15, 0.2) is 0 Å². The van der Waals surface area contributed by atoms with Crippen molar-refractivity contribution in [2.24, 2.45) is 0 Å². The number of nitrogens with zero attached hydrogens (tertiary/aromatic N) is 1. The van der Waals surface area contributed by atoms with Crippen LogP contribution in [0.4, 0.5) is 11.4 Å². The van der Waals surface area contributed by atoms with E-state index in [1.165, 1.54) is 14.2 Å². The van der Waals surface area contributed by atoms with Crippen LogP contribution in [-0.4, -0.2) is 51.1 Å². The molecule has 0 saturated carbocycles. The number of rotatable bonds is 8. The molecular weight excluding hydrogens is 405 g/mol. The summed E-state index contributed by atoms with van der Waals surface area (Å²) in [7, 11) is 4.71. The molecule has 0 fully saturated rings. The number of anilines is 2. The maximum Gasteiger partial charge on any atom is 0.238 e. The van der Waals surface area contributed by atoms with E-state index in [0.29, 0.717) is 32.9 Å². The Morgan fingerprint density at radius 2 is 1.61 bits per heavy atom. The number of halogens is 2. The Bertz CT molecular complexity index is 861. The summed E-state index contributed by atoms with van der Waals surface area (Å²) in [6, 6.07) is 9.89. The number of methoxy groups -OCH3 is 2. The second-order valence-electron chi connectivity index (χ2n) is 5.96. The van der Waals surface area contributed by atoms with Crippen molar-refractivity contribution in [2.45, 2.75) is 0 Å². The molecule has 0 atom stereocenters. The van der Waals surface area contributed by atoms with Crippen molar-refractivity contribution in [3.8, 4) is 11.5 Å². The van der Waals surface area contributed by atoms with E-state index in [-0.39, 0.29) is 24.9 Å². The molecule has 0 spiro atoms. The van der Waals surface area contributed by atoms with Gasteiger partial charge in [0, 0.05) is 11.8 Å². The second-order valence-corrected chi connectivity index (χ2v) is 6.78. The zero-order valence-corrected chi connectivity index (χ0v) is 17.2. The SMILES string of the molecule is COc1ccc(OC)c(NC(=O)CN(C)CC(=O)Nc2ccc(Cl)c(Cl)c2)c1. The minimum absolute atomic E-state index is 0.00909. The Labute approximate surface area is 173 Å². The van der Waals surface area contributed by atoms with Gasteiger partial charge in [-0.15, -0.1) is 0 Å². The smallest absolute Gasteiger partial charge is 0.238 e. The summed E-state index contributed by atoms with van der Waals surface area (Å²) in [5.74, 6) is 0.517.